The van der Waals surface area contributed by atoms with Crippen molar-refractivity contribution in [3.05, 3.63) is 59.2 Å². The van der Waals surface area contributed by atoms with Gasteiger partial charge in [0, 0.05) is 37.4 Å². The van der Waals surface area contributed by atoms with E-state index in [4.69, 9.17) is 0 Å². The number of aryl methyl sites for hydroxylation is 1. The molecule has 2 aromatic carbocycles. The smallest absolute Gasteiger partial charge is 0.255 e. The molecule has 27 heavy (non-hydrogen) atoms. The van der Waals surface area contributed by atoms with Crippen LogP contribution < -0.4 is 5.32 Å². The van der Waals surface area contributed by atoms with Gasteiger partial charge in [0.1, 0.15) is 0 Å². The molecule has 1 N–H and O–H groups in total. The zero-order valence-corrected chi connectivity index (χ0v) is 16.7. The van der Waals surface area contributed by atoms with Crippen molar-refractivity contribution in [3.63, 3.8) is 0 Å². The molecule has 0 aromatic heterocycles. The molecule has 0 aliphatic carbocycles. The molecule has 0 atom stereocenters. The number of likely N-dealkylation sites (N-methyl/N-ethyl adjacent to an activating group) is 1. The molecular weight excluding hydrogens is 362 g/mol. The van der Waals surface area contributed by atoms with Crippen LogP contribution in [-0.2, 0) is 10.0 Å². The third kappa shape index (κ3) is 4.21. The number of sulfonamides is 1. The summed E-state index contributed by atoms with van der Waals surface area (Å²) in [6, 6.07) is 12.0. The summed E-state index contributed by atoms with van der Waals surface area (Å²) in [5.74, 6) is -0.203. The Bertz CT molecular complexity index is 931. The molecule has 3 rings (SSSR count). The van der Waals surface area contributed by atoms with Crippen molar-refractivity contribution in [1.29, 1.82) is 0 Å². The van der Waals surface area contributed by atoms with Crippen LogP contribution >= 0.6 is 0 Å². The van der Waals surface area contributed by atoms with Gasteiger partial charge in [-0.15, -0.1) is 0 Å². The molecule has 6 nitrogen and oxygen atoms in total. The summed E-state index contributed by atoms with van der Waals surface area (Å²) < 4.78 is 27.0. The Morgan fingerprint density at radius 3 is 2.22 bits per heavy atom. The molecule has 1 heterocycles. The lowest BCUT2D eigenvalue weighted by molar-refractivity contribution is 0.102. The first kappa shape index (κ1) is 19.5. The minimum Gasteiger partial charge on any atom is -0.322 e. The van der Waals surface area contributed by atoms with Gasteiger partial charge in [-0.2, -0.15) is 4.31 Å². The first-order valence-electron chi connectivity index (χ1n) is 8.95. The SMILES string of the molecule is Cc1cccc(C(=O)Nc2ccc(S(=O)(=O)N3CCN(C)CC3)cc2)c1C. The summed E-state index contributed by atoms with van der Waals surface area (Å²) in [5.41, 5.74) is 3.17. The van der Waals surface area contributed by atoms with Gasteiger partial charge in [0.05, 0.1) is 4.90 Å². The summed E-state index contributed by atoms with van der Waals surface area (Å²) in [7, 11) is -1.52. The number of carbonyl (C=O) groups excluding carboxylic acids is 1. The summed E-state index contributed by atoms with van der Waals surface area (Å²) in [6.45, 7) is 6.31. The number of anilines is 1. The topological polar surface area (TPSA) is 69.7 Å². The van der Waals surface area contributed by atoms with Crippen LogP contribution in [0.2, 0.25) is 0 Å². The Morgan fingerprint density at radius 1 is 0.963 bits per heavy atom. The van der Waals surface area contributed by atoms with Gasteiger partial charge in [0.25, 0.3) is 5.91 Å². The van der Waals surface area contributed by atoms with E-state index in [0.717, 1.165) is 24.2 Å². The van der Waals surface area contributed by atoms with E-state index < -0.39 is 10.0 Å². The van der Waals surface area contributed by atoms with Crippen LogP contribution in [-0.4, -0.2) is 56.8 Å². The lowest BCUT2D eigenvalue weighted by Gasteiger charge is -2.31. The third-order valence-corrected chi connectivity index (χ3v) is 6.97. The van der Waals surface area contributed by atoms with Gasteiger partial charge in [-0.1, -0.05) is 12.1 Å². The van der Waals surface area contributed by atoms with E-state index in [1.807, 2.05) is 33.0 Å². The van der Waals surface area contributed by atoms with E-state index >= 15 is 0 Å². The maximum atomic E-state index is 12.8. The van der Waals surface area contributed by atoms with Crippen molar-refractivity contribution < 1.29 is 13.2 Å². The van der Waals surface area contributed by atoms with E-state index in [0.29, 0.717) is 24.3 Å². The number of benzene rings is 2. The van der Waals surface area contributed by atoms with Crippen LogP contribution in [0.4, 0.5) is 5.69 Å². The molecule has 2 aromatic rings. The largest absolute Gasteiger partial charge is 0.322 e. The zero-order chi connectivity index (χ0) is 19.6. The molecule has 1 aliphatic rings. The van der Waals surface area contributed by atoms with Gasteiger partial charge in [0.15, 0.2) is 0 Å². The molecule has 0 spiro atoms. The molecule has 1 amide bonds. The number of amides is 1. The average Bonchev–Trinajstić information content (AvgIpc) is 2.64. The monoisotopic (exact) mass is 387 g/mol. The van der Waals surface area contributed by atoms with Crippen LogP contribution in [0.1, 0.15) is 21.5 Å². The maximum absolute atomic E-state index is 12.8. The number of hydrogen-bond donors (Lipinski definition) is 1. The normalized spacial score (nSPS) is 16.3. The second kappa shape index (κ2) is 7.80. The number of rotatable bonds is 4. The summed E-state index contributed by atoms with van der Waals surface area (Å²) >= 11 is 0. The van der Waals surface area contributed by atoms with Crippen molar-refractivity contribution in [2.75, 3.05) is 38.5 Å². The minimum atomic E-state index is -3.50. The second-order valence-electron chi connectivity index (χ2n) is 6.93. The molecular formula is C20H25N3O3S. The molecule has 1 saturated heterocycles. The Hall–Kier alpha value is -2.22. The van der Waals surface area contributed by atoms with E-state index in [2.05, 4.69) is 10.2 Å². The Morgan fingerprint density at radius 2 is 1.59 bits per heavy atom. The average molecular weight is 388 g/mol. The molecule has 0 radical (unpaired) electrons. The molecule has 1 aliphatic heterocycles. The van der Waals surface area contributed by atoms with Gasteiger partial charge in [-0.05, 0) is 62.4 Å². The first-order chi connectivity index (χ1) is 12.8. The fourth-order valence-electron chi connectivity index (χ4n) is 3.08. The minimum absolute atomic E-state index is 0.203. The molecule has 7 heteroatoms. The Kier molecular flexibility index (Phi) is 5.64. The van der Waals surface area contributed by atoms with Crippen molar-refractivity contribution >= 4 is 21.6 Å². The highest BCUT2D eigenvalue weighted by Crippen LogP contribution is 2.21. The van der Waals surface area contributed by atoms with Crippen molar-refractivity contribution in [2.45, 2.75) is 18.7 Å². The molecule has 0 bridgehead atoms. The van der Waals surface area contributed by atoms with Crippen molar-refractivity contribution in [2.24, 2.45) is 0 Å². The predicted octanol–water partition coefficient (Wildman–Crippen LogP) is 2.49. The second-order valence-corrected chi connectivity index (χ2v) is 8.87. The number of hydrogen-bond acceptors (Lipinski definition) is 4. The molecule has 144 valence electrons. The van der Waals surface area contributed by atoms with Gasteiger partial charge >= 0.3 is 0 Å². The molecule has 1 fully saturated rings. The summed E-state index contributed by atoms with van der Waals surface area (Å²) in [5, 5.41) is 2.84. The quantitative estimate of drug-likeness (QED) is 0.875. The van der Waals surface area contributed by atoms with Crippen LogP contribution in [0.25, 0.3) is 0 Å². The molecule has 0 saturated carbocycles. The number of piperazine rings is 1. The van der Waals surface area contributed by atoms with E-state index in [-0.39, 0.29) is 10.8 Å². The van der Waals surface area contributed by atoms with Crippen molar-refractivity contribution in [3.8, 4) is 0 Å². The van der Waals surface area contributed by atoms with Gasteiger partial charge in [-0.25, -0.2) is 8.42 Å². The van der Waals surface area contributed by atoms with Crippen LogP contribution in [0, 0.1) is 13.8 Å². The van der Waals surface area contributed by atoms with Crippen LogP contribution in [0.5, 0.6) is 0 Å². The lowest BCUT2D eigenvalue weighted by atomic mass is 10.0. The first-order valence-corrected chi connectivity index (χ1v) is 10.4. The Balaban J connectivity index is 1.73. The van der Waals surface area contributed by atoms with Crippen LogP contribution in [0.15, 0.2) is 47.4 Å². The number of nitrogens with zero attached hydrogens (tertiary/aromatic N) is 2. The summed E-state index contributed by atoms with van der Waals surface area (Å²) in [4.78, 5) is 14.9. The van der Waals surface area contributed by atoms with Gasteiger partial charge < -0.3 is 10.2 Å². The van der Waals surface area contributed by atoms with E-state index in [9.17, 15) is 13.2 Å². The van der Waals surface area contributed by atoms with E-state index in [1.54, 1.807) is 30.3 Å². The van der Waals surface area contributed by atoms with Gasteiger partial charge in [0.2, 0.25) is 10.0 Å². The highest BCUT2D eigenvalue weighted by atomic mass is 32.2. The lowest BCUT2D eigenvalue weighted by Crippen LogP contribution is -2.46. The fourth-order valence-corrected chi connectivity index (χ4v) is 4.51. The predicted molar refractivity (Wildman–Crippen MR) is 107 cm³/mol. The standard InChI is InChI=1S/C20H25N3O3S/c1-15-5-4-6-19(16(15)2)20(24)21-17-7-9-18(10-8-17)27(25,26)23-13-11-22(3)12-14-23/h4-10H,11-14H2,1-3H3,(H,21,24). The molecule has 0 unspecified atom stereocenters. The number of carbonyl (C=O) groups is 1. The maximum Gasteiger partial charge on any atom is 0.255 e. The number of nitrogens with one attached hydrogen (secondary N) is 1. The van der Waals surface area contributed by atoms with Gasteiger partial charge in [-0.3, -0.25) is 4.79 Å². The fraction of sp³-hybridized carbons (Fsp3) is 0.350. The summed E-state index contributed by atoms with van der Waals surface area (Å²) in [6.07, 6.45) is 0. The third-order valence-electron chi connectivity index (χ3n) is 5.06. The highest BCUT2D eigenvalue weighted by molar-refractivity contribution is 7.89. The van der Waals surface area contributed by atoms with Crippen LogP contribution in [0.3, 0.4) is 0 Å². The highest BCUT2D eigenvalue weighted by Gasteiger charge is 2.27. The van der Waals surface area contributed by atoms with Crippen molar-refractivity contribution in [1.82, 2.24) is 9.21 Å². The Labute approximate surface area is 160 Å². The van der Waals surface area contributed by atoms with E-state index in [1.165, 1.54) is 4.31 Å². The zero-order valence-electron chi connectivity index (χ0n) is 15.9.